The summed E-state index contributed by atoms with van der Waals surface area (Å²) in [6, 6.07) is 17.2. The van der Waals surface area contributed by atoms with Crippen molar-refractivity contribution in [3.63, 3.8) is 0 Å². The van der Waals surface area contributed by atoms with Crippen LogP contribution in [0.25, 0.3) is 10.2 Å². The normalized spacial score (nSPS) is 11.3. The number of methoxy groups -OCH3 is 1. The van der Waals surface area contributed by atoms with Crippen LogP contribution in [0.1, 0.15) is 20.8 Å². The third-order valence-corrected chi connectivity index (χ3v) is 6.75. The molecular weight excluding hydrogens is 470 g/mol. The molecule has 4 aromatic rings. The topological polar surface area (TPSA) is 54.8 Å². The summed E-state index contributed by atoms with van der Waals surface area (Å²) in [7, 11) is 1.62. The SMILES string of the molecule is COc1ccc2nc(N(/N=C/c3ccc(C)cc3)C(=O)c3ccc(Br)s3)sc2c1. The van der Waals surface area contributed by atoms with Gasteiger partial charge in [-0.05, 0) is 58.7 Å². The van der Waals surface area contributed by atoms with Crippen LogP contribution in [-0.4, -0.2) is 24.2 Å². The van der Waals surface area contributed by atoms with Crippen LogP contribution in [0.15, 0.2) is 63.5 Å². The van der Waals surface area contributed by atoms with Gasteiger partial charge in [0, 0.05) is 0 Å². The van der Waals surface area contributed by atoms with Gasteiger partial charge in [-0.15, -0.1) is 11.3 Å². The molecule has 0 saturated carbocycles. The number of anilines is 1. The zero-order valence-corrected chi connectivity index (χ0v) is 18.8. The number of carbonyl (C=O) groups excluding carboxylic acids is 1. The van der Waals surface area contributed by atoms with E-state index in [1.165, 1.54) is 33.2 Å². The van der Waals surface area contributed by atoms with Crippen molar-refractivity contribution in [2.75, 3.05) is 12.1 Å². The van der Waals surface area contributed by atoms with E-state index in [0.29, 0.717) is 10.0 Å². The minimum atomic E-state index is -0.227. The van der Waals surface area contributed by atoms with Crippen molar-refractivity contribution >= 4 is 66.1 Å². The van der Waals surface area contributed by atoms with Crippen LogP contribution in [0.3, 0.4) is 0 Å². The van der Waals surface area contributed by atoms with Crippen molar-refractivity contribution < 1.29 is 9.53 Å². The molecule has 0 aliphatic carbocycles. The lowest BCUT2D eigenvalue weighted by molar-refractivity contribution is 0.0991. The lowest BCUT2D eigenvalue weighted by Gasteiger charge is -2.12. The Bertz CT molecular complexity index is 1200. The summed E-state index contributed by atoms with van der Waals surface area (Å²) in [6.07, 6.45) is 1.67. The predicted molar refractivity (Wildman–Crippen MR) is 124 cm³/mol. The van der Waals surface area contributed by atoms with E-state index < -0.39 is 0 Å². The molecule has 2 aromatic carbocycles. The highest BCUT2D eigenvalue weighted by atomic mass is 79.9. The first-order chi connectivity index (χ1) is 14.0. The molecule has 0 atom stereocenters. The maximum absolute atomic E-state index is 13.2. The first-order valence-corrected chi connectivity index (χ1v) is 11.1. The molecule has 29 heavy (non-hydrogen) atoms. The maximum atomic E-state index is 13.2. The van der Waals surface area contributed by atoms with Gasteiger partial charge in [0.2, 0.25) is 5.13 Å². The average Bonchev–Trinajstić information content (AvgIpc) is 3.34. The third-order valence-electron chi connectivity index (χ3n) is 4.14. The minimum Gasteiger partial charge on any atom is -0.497 e. The Morgan fingerprint density at radius 3 is 2.62 bits per heavy atom. The number of hydrazone groups is 1. The van der Waals surface area contributed by atoms with Crippen LogP contribution < -0.4 is 9.75 Å². The van der Waals surface area contributed by atoms with E-state index in [1.807, 2.05) is 55.5 Å². The van der Waals surface area contributed by atoms with Crippen molar-refractivity contribution in [3.05, 3.63) is 74.4 Å². The number of fused-ring (bicyclic) bond motifs is 1. The summed E-state index contributed by atoms with van der Waals surface area (Å²) >= 11 is 6.17. The highest BCUT2D eigenvalue weighted by Gasteiger charge is 2.22. The second kappa shape index (κ2) is 8.44. The van der Waals surface area contributed by atoms with Gasteiger partial charge in [0.25, 0.3) is 5.91 Å². The van der Waals surface area contributed by atoms with Gasteiger partial charge >= 0.3 is 0 Å². The highest BCUT2D eigenvalue weighted by molar-refractivity contribution is 9.11. The van der Waals surface area contributed by atoms with Crippen LogP contribution in [0, 0.1) is 6.92 Å². The number of halogens is 1. The molecule has 0 bridgehead atoms. The Morgan fingerprint density at radius 2 is 1.93 bits per heavy atom. The van der Waals surface area contributed by atoms with Gasteiger partial charge in [0.05, 0.1) is 32.2 Å². The Balaban J connectivity index is 1.74. The first-order valence-electron chi connectivity index (χ1n) is 8.68. The monoisotopic (exact) mass is 485 g/mol. The van der Waals surface area contributed by atoms with Crippen LogP contribution >= 0.6 is 38.6 Å². The third kappa shape index (κ3) is 4.39. The molecule has 2 aromatic heterocycles. The molecule has 0 fully saturated rings. The number of aromatic nitrogens is 1. The van der Waals surface area contributed by atoms with Crippen LogP contribution in [0.2, 0.25) is 0 Å². The van der Waals surface area contributed by atoms with E-state index in [-0.39, 0.29) is 5.91 Å². The molecule has 0 spiro atoms. The van der Waals surface area contributed by atoms with Gasteiger partial charge in [-0.2, -0.15) is 10.1 Å². The Morgan fingerprint density at radius 1 is 1.14 bits per heavy atom. The van der Waals surface area contributed by atoms with E-state index in [9.17, 15) is 4.79 Å². The summed E-state index contributed by atoms with van der Waals surface area (Å²) in [6.45, 7) is 2.03. The van der Waals surface area contributed by atoms with Gasteiger partial charge in [-0.3, -0.25) is 4.79 Å². The van der Waals surface area contributed by atoms with Gasteiger partial charge in [-0.25, -0.2) is 4.98 Å². The molecule has 0 saturated heterocycles. The van der Waals surface area contributed by atoms with E-state index >= 15 is 0 Å². The molecule has 1 amide bonds. The van der Waals surface area contributed by atoms with E-state index in [4.69, 9.17) is 4.74 Å². The van der Waals surface area contributed by atoms with Gasteiger partial charge < -0.3 is 4.74 Å². The largest absolute Gasteiger partial charge is 0.497 e. The summed E-state index contributed by atoms with van der Waals surface area (Å²) in [5, 5.41) is 6.35. The number of carbonyl (C=O) groups is 1. The van der Waals surface area contributed by atoms with Gasteiger partial charge in [0.1, 0.15) is 5.75 Å². The fourth-order valence-corrected chi connectivity index (χ4v) is 4.87. The minimum absolute atomic E-state index is 0.227. The molecular formula is C21H16BrN3O2S2. The number of nitrogens with zero attached hydrogens (tertiary/aromatic N) is 3. The number of ether oxygens (including phenoxy) is 1. The fraction of sp³-hybridized carbons (Fsp3) is 0.0952. The quantitative estimate of drug-likeness (QED) is 0.252. The second-order valence-corrected chi connectivity index (χ2v) is 9.68. The molecule has 146 valence electrons. The van der Waals surface area contributed by atoms with Crippen molar-refractivity contribution in [1.29, 1.82) is 0 Å². The number of amides is 1. The van der Waals surface area contributed by atoms with Gasteiger partial charge in [-0.1, -0.05) is 41.2 Å². The molecule has 5 nitrogen and oxygen atoms in total. The lowest BCUT2D eigenvalue weighted by Crippen LogP contribution is -2.24. The number of hydrogen-bond acceptors (Lipinski definition) is 6. The van der Waals surface area contributed by atoms with Crippen molar-refractivity contribution in [3.8, 4) is 5.75 Å². The first kappa shape index (κ1) is 19.8. The van der Waals surface area contributed by atoms with Crippen molar-refractivity contribution in [2.45, 2.75) is 6.92 Å². The maximum Gasteiger partial charge on any atom is 0.290 e. The molecule has 8 heteroatoms. The number of aryl methyl sites for hydroxylation is 1. The standard InChI is InChI=1S/C21H16BrN3O2S2/c1-13-3-5-14(6-4-13)12-23-25(20(26)17-9-10-19(22)28-17)21-24-16-8-7-15(27-2)11-18(16)29-21/h3-12H,1-2H3/b23-12+. The lowest BCUT2D eigenvalue weighted by atomic mass is 10.2. The molecule has 0 N–H and O–H groups in total. The zero-order valence-electron chi connectivity index (χ0n) is 15.6. The van der Waals surface area contributed by atoms with E-state index in [2.05, 4.69) is 26.0 Å². The number of thiazole rings is 1. The average molecular weight is 486 g/mol. The molecule has 0 aliphatic heterocycles. The van der Waals surface area contributed by atoms with E-state index in [1.54, 1.807) is 19.4 Å². The van der Waals surface area contributed by atoms with Crippen molar-refractivity contribution in [1.82, 2.24) is 4.98 Å². The fourth-order valence-electron chi connectivity index (χ4n) is 2.61. The summed E-state index contributed by atoms with van der Waals surface area (Å²) in [4.78, 5) is 18.4. The summed E-state index contributed by atoms with van der Waals surface area (Å²) < 4.78 is 7.10. The molecule has 0 unspecified atom stereocenters. The highest BCUT2D eigenvalue weighted by Crippen LogP contribution is 2.33. The zero-order chi connectivity index (χ0) is 20.4. The number of hydrogen-bond donors (Lipinski definition) is 0. The predicted octanol–water partition coefficient (Wildman–Crippen LogP) is 6.12. The van der Waals surface area contributed by atoms with Crippen LogP contribution in [0.4, 0.5) is 5.13 Å². The summed E-state index contributed by atoms with van der Waals surface area (Å²) in [5.74, 6) is 0.519. The number of benzene rings is 2. The van der Waals surface area contributed by atoms with Crippen molar-refractivity contribution in [2.24, 2.45) is 5.10 Å². The second-order valence-electron chi connectivity index (χ2n) is 6.21. The Kier molecular flexibility index (Phi) is 5.75. The van der Waals surface area contributed by atoms with Crippen LogP contribution in [0.5, 0.6) is 5.75 Å². The van der Waals surface area contributed by atoms with Crippen LogP contribution in [-0.2, 0) is 0 Å². The molecule has 4 rings (SSSR count). The Hall–Kier alpha value is -2.55. The number of rotatable bonds is 5. The molecule has 2 heterocycles. The Labute approximate surface area is 184 Å². The number of thiophene rings is 1. The molecule has 0 radical (unpaired) electrons. The smallest absolute Gasteiger partial charge is 0.290 e. The van der Waals surface area contributed by atoms with E-state index in [0.717, 1.165) is 25.3 Å². The summed E-state index contributed by atoms with van der Waals surface area (Å²) in [5.41, 5.74) is 2.86. The van der Waals surface area contributed by atoms with Gasteiger partial charge in [0.15, 0.2) is 0 Å². The molecule has 0 aliphatic rings.